The first-order chi connectivity index (χ1) is 7.30. The predicted molar refractivity (Wildman–Crippen MR) is 64.4 cm³/mol. The largest absolute Gasteiger partial charge is 0.370 e. The van der Waals surface area contributed by atoms with Crippen LogP contribution < -0.4 is 10.6 Å². The average molecular weight is 208 g/mol. The minimum Gasteiger partial charge on any atom is -0.370 e. The third kappa shape index (κ3) is 3.73. The number of nitrogens with zero attached hydrogens (tertiary/aromatic N) is 2. The highest BCUT2D eigenvalue weighted by molar-refractivity contribution is 5.47. The molecule has 0 unspecified atom stereocenters. The zero-order valence-corrected chi connectivity index (χ0v) is 9.80. The van der Waals surface area contributed by atoms with Gasteiger partial charge in [-0.25, -0.2) is 9.97 Å². The van der Waals surface area contributed by atoms with Crippen LogP contribution in [0.3, 0.4) is 0 Å². The highest BCUT2D eigenvalue weighted by atomic mass is 15.1. The van der Waals surface area contributed by atoms with Gasteiger partial charge in [0.15, 0.2) is 0 Å². The van der Waals surface area contributed by atoms with Crippen molar-refractivity contribution in [3.8, 4) is 0 Å². The Labute approximate surface area is 91.5 Å². The van der Waals surface area contributed by atoms with Crippen LogP contribution in [0.15, 0.2) is 6.07 Å². The van der Waals surface area contributed by atoms with Gasteiger partial charge in [0, 0.05) is 25.6 Å². The lowest BCUT2D eigenvalue weighted by Gasteiger charge is -2.09. The number of aryl methyl sites for hydroxylation is 1. The zero-order valence-electron chi connectivity index (χ0n) is 9.80. The molecule has 0 aliphatic rings. The molecule has 1 aromatic rings. The Bertz CT molecular complexity index is 299. The maximum absolute atomic E-state index is 4.41. The van der Waals surface area contributed by atoms with E-state index >= 15 is 0 Å². The highest BCUT2D eigenvalue weighted by Crippen LogP contribution is 2.11. The van der Waals surface area contributed by atoms with Gasteiger partial charge in [-0.15, -0.1) is 0 Å². The molecule has 0 aliphatic carbocycles. The second-order valence-electron chi connectivity index (χ2n) is 3.37. The Kier molecular flexibility index (Phi) is 4.87. The molecule has 0 radical (unpaired) electrons. The molecular weight excluding hydrogens is 188 g/mol. The number of hydrogen-bond donors (Lipinski definition) is 2. The normalized spacial score (nSPS) is 10.1. The SMILES string of the molecule is CCCNc1cc(NCC)nc(CC)n1. The molecule has 2 N–H and O–H groups in total. The third-order valence-corrected chi connectivity index (χ3v) is 2.00. The van der Waals surface area contributed by atoms with Crippen molar-refractivity contribution in [3.05, 3.63) is 11.9 Å². The summed E-state index contributed by atoms with van der Waals surface area (Å²) in [5.41, 5.74) is 0. The lowest BCUT2D eigenvalue weighted by atomic mass is 10.4. The molecule has 4 heteroatoms. The van der Waals surface area contributed by atoms with E-state index in [4.69, 9.17) is 0 Å². The molecule has 4 nitrogen and oxygen atoms in total. The van der Waals surface area contributed by atoms with Crippen LogP contribution in [0.4, 0.5) is 11.6 Å². The standard InChI is InChI=1S/C11H20N4/c1-4-7-13-11-8-10(12-6-3)14-9(5-2)15-11/h8H,4-7H2,1-3H3,(H2,12,13,14,15). The van der Waals surface area contributed by atoms with Crippen molar-refractivity contribution < 1.29 is 0 Å². The van der Waals surface area contributed by atoms with Crippen LogP contribution in [-0.4, -0.2) is 23.1 Å². The number of rotatable bonds is 6. The van der Waals surface area contributed by atoms with Crippen LogP contribution in [-0.2, 0) is 6.42 Å². The molecule has 1 rings (SSSR count). The van der Waals surface area contributed by atoms with Crippen molar-refractivity contribution in [2.45, 2.75) is 33.6 Å². The molecule has 1 aromatic heterocycles. The maximum atomic E-state index is 4.41. The summed E-state index contributed by atoms with van der Waals surface area (Å²) in [5, 5.41) is 6.48. The van der Waals surface area contributed by atoms with Crippen molar-refractivity contribution in [3.63, 3.8) is 0 Å². The summed E-state index contributed by atoms with van der Waals surface area (Å²) in [6.45, 7) is 8.10. The average Bonchev–Trinajstić information content (AvgIpc) is 2.26. The lowest BCUT2D eigenvalue weighted by molar-refractivity contribution is 0.915. The molecule has 15 heavy (non-hydrogen) atoms. The second-order valence-corrected chi connectivity index (χ2v) is 3.37. The van der Waals surface area contributed by atoms with Gasteiger partial charge < -0.3 is 10.6 Å². The van der Waals surface area contributed by atoms with Crippen molar-refractivity contribution in [1.82, 2.24) is 9.97 Å². The van der Waals surface area contributed by atoms with Crippen molar-refractivity contribution >= 4 is 11.6 Å². The molecule has 0 atom stereocenters. The van der Waals surface area contributed by atoms with E-state index in [9.17, 15) is 0 Å². The molecule has 1 heterocycles. The van der Waals surface area contributed by atoms with Gasteiger partial charge >= 0.3 is 0 Å². The van der Waals surface area contributed by atoms with Crippen molar-refractivity contribution in [1.29, 1.82) is 0 Å². The predicted octanol–water partition coefficient (Wildman–Crippen LogP) is 2.29. The summed E-state index contributed by atoms with van der Waals surface area (Å²) in [5.74, 6) is 2.70. The van der Waals surface area contributed by atoms with E-state index in [0.29, 0.717) is 0 Å². The molecular formula is C11H20N4. The minimum atomic E-state index is 0.861. The van der Waals surface area contributed by atoms with Crippen molar-refractivity contribution in [2.75, 3.05) is 23.7 Å². The summed E-state index contributed by atoms with van der Waals surface area (Å²) in [4.78, 5) is 8.80. The zero-order chi connectivity index (χ0) is 11.1. The van der Waals surface area contributed by atoms with Crippen LogP contribution in [0.5, 0.6) is 0 Å². The summed E-state index contributed by atoms with van der Waals surface area (Å²) >= 11 is 0. The molecule has 0 amide bonds. The third-order valence-electron chi connectivity index (χ3n) is 2.00. The molecule has 0 aromatic carbocycles. The maximum Gasteiger partial charge on any atom is 0.132 e. The molecule has 0 spiro atoms. The van der Waals surface area contributed by atoms with Crippen LogP contribution in [0.1, 0.15) is 33.0 Å². The van der Waals surface area contributed by atoms with Gasteiger partial charge in [0.25, 0.3) is 0 Å². The van der Waals surface area contributed by atoms with Gasteiger partial charge in [0.2, 0.25) is 0 Å². The van der Waals surface area contributed by atoms with Crippen LogP contribution in [0.2, 0.25) is 0 Å². The molecule has 0 saturated carbocycles. The summed E-state index contributed by atoms with van der Waals surface area (Å²) < 4.78 is 0. The van der Waals surface area contributed by atoms with E-state index in [1.807, 2.05) is 6.07 Å². The van der Waals surface area contributed by atoms with E-state index in [0.717, 1.165) is 43.4 Å². The Hall–Kier alpha value is -1.32. The number of anilines is 2. The van der Waals surface area contributed by atoms with Gasteiger partial charge in [0.1, 0.15) is 17.5 Å². The summed E-state index contributed by atoms with van der Waals surface area (Å²) in [6.07, 6.45) is 1.96. The van der Waals surface area contributed by atoms with Crippen molar-refractivity contribution in [2.24, 2.45) is 0 Å². The molecule has 0 aliphatic heterocycles. The van der Waals surface area contributed by atoms with Crippen LogP contribution in [0, 0.1) is 0 Å². The minimum absolute atomic E-state index is 0.861. The fourth-order valence-corrected chi connectivity index (χ4v) is 1.27. The van der Waals surface area contributed by atoms with Crippen LogP contribution in [0.25, 0.3) is 0 Å². The van der Waals surface area contributed by atoms with E-state index in [-0.39, 0.29) is 0 Å². The Morgan fingerprint density at radius 3 is 2.27 bits per heavy atom. The molecule has 0 saturated heterocycles. The fourth-order valence-electron chi connectivity index (χ4n) is 1.27. The first-order valence-electron chi connectivity index (χ1n) is 5.65. The molecule has 0 fully saturated rings. The first-order valence-corrected chi connectivity index (χ1v) is 5.65. The van der Waals surface area contributed by atoms with E-state index in [1.165, 1.54) is 0 Å². The van der Waals surface area contributed by atoms with Gasteiger partial charge in [-0.05, 0) is 13.3 Å². The Balaban J connectivity index is 2.79. The molecule has 0 bridgehead atoms. The topological polar surface area (TPSA) is 49.8 Å². The summed E-state index contributed by atoms with van der Waals surface area (Å²) in [7, 11) is 0. The fraction of sp³-hybridized carbons (Fsp3) is 0.636. The number of aromatic nitrogens is 2. The lowest BCUT2D eigenvalue weighted by Crippen LogP contribution is -2.08. The van der Waals surface area contributed by atoms with E-state index in [2.05, 4.69) is 41.4 Å². The van der Waals surface area contributed by atoms with Gasteiger partial charge in [-0.3, -0.25) is 0 Å². The quantitative estimate of drug-likeness (QED) is 0.753. The first kappa shape index (κ1) is 11.8. The smallest absolute Gasteiger partial charge is 0.132 e. The van der Waals surface area contributed by atoms with Crippen LogP contribution >= 0.6 is 0 Å². The monoisotopic (exact) mass is 208 g/mol. The second kappa shape index (κ2) is 6.22. The van der Waals surface area contributed by atoms with Gasteiger partial charge in [-0.2, -0.15) is 0 Å². The Morgan fingerprint density at radius 2 is 1.73 bits per heavy atom. The van der Waals surface area contributed by atoms with E-state index < -0.39 is 0 Å². The number of nitrogens with one attached hydrogen (secondary N) is 2. The summed E-state index contributed by atoms with van der Waals surface area (Å²) in [6, 6.07) is 1.96. The van der Waals surface area contributed by atoms with E-state index in [1.54, 1.807) is 0 Å². The Morgan fingerprint density at radius 1 is 1.07 bits per heavy atom. The molecule has 84 valence electrons. The van der Waals surface area contributed by atoms with Gasteiger partial charge in [-0.1, -0.05) is 13.8 Å². The van der Waals surface area contributed by atoms with Gasteiger partial charge in [0.05, 0.1) is 0 Å². The highest BCUT2D eigenvalue weighted by Gasteiger charge is 2.01. The number of hydrogen-bond acceptors (Lipinski definition) is 4.